The summed E-state index contributed by atoms with van der Waals surface area (Å²) >= 11 is 0. The Labute approximate surface area is 88.7 Å². The molecule has 0 N–H and O–H groups in total. The van der Waals surface area contributed by atoms with Gasteiger partial charge in [-0.2, -0.15) is 0 Å². The predicted molar refractivity (Wildman–Crippen MR) is 55.6 cm³/mol. The molecule has 0 unspecified atom stereocenters. The van der Waals surface area contributed by atoms with Crippen LogP contribution in [0.3, 0.4) is 0 Å². The third-order valence-corrected chi connectivity index (χ3v) is 2.12. The van der Waals surface area contributed by atoms with E-state index < -0.39 is 0 Å². The molecule has 4 nitrogen and oxygen atoms in total. The van der Waals surface area contributed by atoms with Gasteiger partial charge in [-0.25, -0.2) is 4.98 Å². The Morgan fingerprint density at radius 2 is 1.87 bits per heavy atom. The molecule has 0 fully saturated rings. The van der Waals surface area contributed by atoms with Gasteiger partial charge >= 0.3 is 0 Å². The Bertz CT molecular complexity index is 386. The standard InChI is InChI=1S/C11H14N2O2/c1-7(2)9(14)6-10(15)11-8(3)12-4-5-13-11/h4-5,7H,6H2,1-3H3. The van der Waals surface area contributed by atoms with Crippen LogP contribution in [-0.2, 0) is 4.79 Å². The second-order valence-electron chi connectivity index (χ2n) is 3.71. The number of carbonyl (C=O) groups is 2. The summed E-state index contributed by atoms with van der Waals surface area (Å²) in [5.74, 6) is -0.435. The van der Waals surface area contributed by atoms with Crippen molar-refractivity contribution in [3.63, 3.8) is 0 Å². The topological polar surface area (TPSA) is 59.9 Å². The van der Waals surface area contributed by atoms with E-state index >= 15 is 0 Å². The summed E-state index contributed by atoms with van der Waals surface area (Å²) in [6.45, 7) is 5.26. The van der Waals surface area contributed by atoms with Crippen molar-refractivity contribution in [2.75, 3.05) is 0 Å². The first kappa shape index (κ1) is 11.5. The van der Waals surface area contributed by atoms with Crippen LogP contribution in [0.5, 0.6) is 0 Å². The van der Waals surface area contributed by atoms with Crippen LogP contribution >= 0.6 is 0 Å². The lowest BCUT2D eigenvalue weighted by molar-refractivity contribution is -0.121. The lowest BCUT2D eigenvalue weighted by Crippen LogP contribution is -2.15. The number of hydrogen-bond donors (Lipinski definition) is 0. The SMILES string of the molecule is Cc1nccnc1C(=O)CC(=O)C(C)C. The molecule has 0 aliphatic heterocycles. The molecule has 0 aliphatic rings. The average Bonchev–Trinajstić information content (AvgIpc) is 2.18. The van der Waals surface area contributed by atoms with Crippen LogP contribution in [0.2, 0.25) is 0 Å². The molecular weight excluding hydrogens is 192 g/mol. The first-order chi connectivity index (χ1) is 7.02. The van der Waals surface area contributed by atoms with Crippen molar-refractivity contribution in [2.24, 2.45) is 5.92 Å². The Balaban J connectivity index is 2.79. The van der Waals surface area contributed by atoms with Crippen LogP contribution in [0, 0.1) is 12.8 Å². The van der Waals surface area contributed by atoms with Crippen molar-refractivity contribution in [3.05, 3.63) is 23.8 Å². The van der Waals surface area contributed by atoms with E-state index in [-0.39, 0.29) is 23.9 Å². The van der Waals surface area contributed by atoms with Gasteiger partial charge in [-0.15, -0.1) is 0 Å². The van der Waals surface area contributed by atoms with E-state index in [4.69, 9.17) is 0 Å². The largest absolute Gasteiger partial charge is 0.299 e. The molecule has 80 valence electrons. The van der Waals surface area contributed by atoms with Gasteiger partial charge in [-0.1, -0.05) is 13.8 Å². The summed E-state index contributed by atoms with van der Waals surface area (Å²) in [5, 5.41) is 0. The molecule has 0 radical (unpaired) electrons. The minimum atomic E-state index is -0.251. The summed E-state index contributed by atoms with van der Waals surface area (Å²) in [6.07, 6.45) is 2.90. The van der Waals surface area contributed by atoms with Gasteiger partial charge in [0.05, 0.1) is 12.1 Å². The number of carbonyl (C=O) groups excluding carboxylic acids is 2. The Morgan fingerprint density at radius 1 is 1.27 bits per heavy atom. The van der Waals surface area contributed by atoms with Crippen LogP contribution in [0.25, 0.3) is 0 Å². The highest BCUT2D eigenvalue weighted by Gasteiger charge is 2.17. The van der Waals surface area contributed by atoms with Crippen LogP contribution in [-0.4, -0.2) is 21.5 Å². The van der Waals surface area contributed by atoms with E-state index in [2.05, 4.69) is 9.97 Å². The number of rotatable bonds is 4. The van der Waals surface area contributed by atoms with Crippen molar-refractivity contribution in [3.8, 4) is 0 Å². The Hall–Kier alpha value is -1.58. The average molecular weight is 206 g/mol. The van der Waals surface area contributed by atoms with Crippen molar-refractivity contribution in [1.82, 2.24) is 9.97 Å². The van der Waals surface area contributed by atoms with Crippen molar-refractivity contribution < 1.29 is 9.59 Å². The number of nitrogens with zero attached hydrogens (tertiary/aromatic N) is 2. The second kappa shape index (κ2) is 4.77. The monoisotopic (exact) mass is 206 g/mol. The molecule has 0 amide bonds. The highest BCUT2D eigenvalue weighted by Crippen LogP contribution is 2.07. The van der Waals surface area contributed by atoms with Gasteiger partial charge in [0.1, 0.15) is 11.5 Å². The van der Waals surface area contributed by atoms with E-state index in [0.29, 0.717) is 11.4 Å². The first-order valence-electron chi connectivity index (χ1n) is 4.86. The third kappa shape index (κ3) is 2.94. The van der Waals surface area contributed by atoms with Gasteiger partial charge in [0.15, 0.2) is 5.78 Å². The first-order valence-corrected chi connectivity index (χ1v) is 4.86. The molecule has 0 aromatic carbocycles. The fraction of sp³-hybridized carbons (Fsp3) is 0.455. The zero-order valence-corrected chi connectivity index (χ0v) is 9.15. The van der Waals surface area contributed by atoms with Crippen molar-refractivity contribution >= 4 is 11.6 Å². The second-order valence-corrected chi connectivity index (χ2v) is 3.71. The summed E-state index contributed by atoms with van der Waals surface area (Å²) < 4.78 is 0. The molecule has 0 spiro atoms. The van der Waals surface area contributed by atoms with Crippen molar-refractivity contribution in [2.45, 2.75) is 27.2 Å². The van der Waals surface area contributed by atoms with Gasteiger partial charge in [-0.3, -0.25) is 14.6 Å². The summed E-state index contributed by atoms with van der Waals surface area (Å²) in [7, 11) is 0. The zero-order valence-electron chi connectivity index (χ0n) is 9.15. The van der Waals surface area contributed by atoms with Crippen molar-refractivity contribution in [1.29, 1.82) is 0 Å². The molecule has 0 bridgehead atoms. The molecule has 1 aromatic rings. The number of ketones is 2. The molecule has 4 heteroatoms. The van der Waals surface area contributed by atoms with Crippen LogP contribution in [0.1, 0.15) is 36.5 Å². The molecule has 1 rings (SSSR count). The summed E-state index contributed by atoms with van der Waals surface area (Å²) in [6, 6.07) is 0. The van der Waals surface area contributed by atoms with Gasteiger partial charge in [0, 0.05) is 18.3 Å². The molecule has 1 heterocycles. The predicted octanol–water partition coefficient (Wildman–Crippen LogP) is 1.58. The van der Waals surface area contributed by atoms with E-state index in [1.54, 1.807) is 20.8 Å². The molecular formula is C11H14N2O2. The van der Waals surface area contributed by atoms with E-state index in [1.165, 1.54) is 12.4 Å². The molecule has 0 saturated carbocycles. The number of hydrogen-bond acceptors (Lipinski definition) is 4. The molecule has 0 atom stereocenters. The molecule has 1 aromatic heterocycles. The van der Waals surface area contributed by atoms with Crippen LogP contribution in [0.4, 0.5) is 0 Å². The Kier molecular flexibility index (Phi) is 3.66. The fourth-order valence-corrected chi connectivity index (χ4v) is 1.13. The van der Waals surface area contributed by atoms with Gasteiger partial charge in [-0.05, 0) is 6.92 Å². The zero-order chi connectivity index (χ0) is 11.4. The minimum Gasteiger partial charge on any atom is -0.299 e. The van der Waals surface area contributed by atoms with E-state index in [1.807, 2.05) is 0 Å². The fourth-order valence-electron chi connectivity index (χ4n) is 1.13. The molecule has 0 saturated heterocycles. The molecule has 15 heavy (non-hydrogen) atoms. The van der Waals surface area contributed by atoms with Gasteiger partial charge in [0.2, 0.25) is 0 Å². The Morgan fingerprint density at radius 3 is 2.40 bits per heavy atom. The van der Waals surface area contributed by atoms with E-state index in [0.717, 1.165) is 0 Å². The summed E-state index contributed by atoms with van der Waals surface area (Å²) in [5.41, 5.74) is 0.866. The minimum absolute atomic E-state index is 0.0648. The van der Waals surface area contributed by atoms with Gasteiger partial charge in [0.25, 0.3) is 0 Å². The van der Waals surface area contributed by atoms with Crippen LogP contribution < -0.4 is 0 Å². The number of aromatic nitrogens is 2. The molecule has 0 aliphatic carbocycles. The third-order valence-electron chi connectivity index (χ3n) is 2.12. The smallest absolute Gasteiger partial charge is 0.190 e. The summed E-state index contributed by atoms with van der Waals surface area (Å²) in [4.78, 5) is 30.9. The normalized spacial score (nSPS) is 10.4. The van der Waals surface area contributed by atoms with Gasteiger partial charge < -0.3 is 0 Å². The maximum absolute atomic E-state index is 11.7. The lowest BCUT2D eigenvalue weighted by Gasteiger charge is -2.04. The lowest BCUT2D eigenvalue weighted by atomic mass is 10.0. The quantitative estimate of drug-likeness (QED) is 0.554. The maximum Gasteiger partial charge on any atom is 0.190 e. The number of Topliss-reactive ketones (excluding diaryl/α,β-unsaturated/α-hetero) is 2. The highest BCUT2D eigenvalue weighted by atomic mass is 16.1. The maximum atomic E-state index is 11.7. The van der Waals surface area contributed by atoms with E-state index in [9.17, 15) is 9.59 Å². The van der Waals surface area contributed by atoms with Crippen LogP contribution in [0.15, 0.2) is 12.4 Å². The highest BCUT2D eigenvalue weighted by molar-refractivity contribution is 6.07. The number of aryl methyl sites for hydroxylation is 1.